The van der Waals surface area contributed by atoms with E-state index < -0.39 is 102 Å². The number of aromatic carboxylic acids is 2. The zero-order valence-corrected chi connectivity index (χ0v) is 46.0. The highest BCUT2D eigenvalue weighted by Gasteiger charge is 2.37. The fourth-order valence-electron chi connectivity index (χ4n) is 8.10. The number of carboxylic acids is 2. The molecule has 0 aromatic heterocycles. The number of azo groups is 2. The molecule has 2 atom stereocenters. The second-order valence-electron chi connectivity index (χ2n) is 17.8. The third kappa shape index (κ3) is 13.5. The zero-order chi connectivity index (χ0) is 61.2. The number of hydrogen-bond donors (Lipinski definition) is 8. The summed E-state index contributed by atoms with van der Waals surface area (Å²) in [7, 11) is -20.4. The predicted octanol–water partition coefficient (Wildman–Crippen LogP) is 7.80. The highest BCUT2D eigenvalue weighted by Crippen LogP contribution is 2.33. The Bertz CT molecular complexity index is 4190. The van der Waals surface area contributed by atoms with Gasteiger partial charge in [0.25, 0.3) is 52.3 Å². The number of carbonyl (C=O) groups excluding carboxylic acids is 3. The van der Waals surface area contributed by atoms with Crippen LogP contribution in [-0.4, -0.2) is 115 Å². The van der Waals surface area contributed by atoms with Crippen molar-refractivity contribution in [1.29, 1.82) is 0 Å². The van der Waals surface area contributed by atoms with Crippen LogP contribution in [0, 0.1) is 0 Å². The number of carboxylic acid groups (broad SMARTS) is 2. The number of urea groups is 1. The first-order chi connectivity index (χ1) is 39.4. The molecule has 0 fully saturated rings. The predicted molar refractivity (Wildman–Crippen MR) is 300 cm³/mol. The van der Waals surface area contributed by atoms with E-state index in [2.05, 4.69) is 41.3 Å². The van der Waals surface area contributed by atoms with Crippen LogP contribution in [0.2, 0.25) is 0 Å². The molecule has 0 spiro atoms. The first-order valence-electron chi connectivity index (χ1n) is 23.5. The molecule has 2 unspecified atom stereocenters. The SMILES string of the molecule is CC1=NN(c2ccc(C=Cc3ccc(NC(=O)Nc4ccc(C=Cc5ccc(N6N=C(C)C(N=Nc7ccccc7C(=O)O)C6=O)cc5S(=O)(=O)O)c(S(=O)(=O)O)c4)cc3S(=O)(=O)O)c(S(=O)(=O)O)c2)C(=O)C1N=Nc1ccccc1C(=O)O. The molecular formula is C51H40N10O19S4. The molecule has 6 aromatic rings. The minimum absolute atomic E-state index is 0.0592. The van der Waals surface area contributed by atoms with Crippen LogP contribution in [0.1, 0.15) is 56.8 Å². The molecule has 0 radical (unpaired) electrons. The van der Waals surface area contributed by atoms with Gasteiger partial charge in [-0.2, -0.15) is 74.3 Å². The number of hydrazone groups is 2. The van der Waals surface area contributed by atoms with E-state index in [-0.39, 0.29) is 78.9 Å². The van der Waals surface area contributed by atoms with Gasteiger partial charge in [-0.1, -0.05) is 72.8 Å². The van der Waals surface area contributed by atoms with Gasteiger partial charge >= 0.3 is 18.0 Å². The van der Waals surface area contributed by atoms with Gasteiger partial charge < -0.3 is 20.8 Å². The van der Waals surface area contributed by atoms with Crippen LogP contribution >= 0.6 is 0 Å². The lowest BCUT2D eigenvalue weighted by atomic mass is 10.1. The number of nitrogens with zero attached hydrogens (tertiary/aromatic N) is 8. The monoisotopic (exact) mass is 1220 g/mol. The Morgan fingerprint density at radius 1 is 0.476 bits per heavy atom. The number of hydrogen-bond acceptors (Lipinski definition) is 19. The molecular weight excluding hydrogens is 1180 g/mol. The number of benzene rings is 6. The van der Waals surface area contributed by atoms with Gasteiger partial charge in [0.15, 0.2) is 12.1 Å². The third-order valence-electron chi connectivity index (χ3n) is 12.0. The largest absolute Gasteiger partial charge is 0.478 e. The molecule has 2 aliphatic rings. The minimum Gasteiger partial charge on any atom is -0.478 e. The number of amides is 4. The Hall–Kier alpha value is -9.87. The average Bonchev–Trinajstić information content (AvgIpc) is 3.74. The van der Waals surface area contributed by atoms with Gasteiger partial charge in [0.2, 0.25) is 0 Å². The van der Waals surface area contributed by atoms with Gasteiger partial charge in [-0.25, -0.2) is 14.4 Å². The molecule has 33 heteroatoms. The summed E-state index contributed by atoms with van der Waals surface area (Å²) in [5.41, 5.74) is -2.35. The summed E-state index contributed by atoms with van der Waals surface area (Å²) in [5, 5.41) is 49.0. The van der Waals surface area contributed by atoms with Crippen molar-refractivity contribution in [2.75, 3.05) is 20.7 Å². The van der Waals surface area contributed by atoms with Gasteiger partial charge in [0.1, 0.15) is 19.6 Å². The van der Waals surface area contributed by atoms with Crippen LogP contribution in [0.5, 0.6) is 0 Å². The van der Waals surface area contributed by atoms with Gasteiger partial charge in [0.05, 0.1) is 45.3 Å². The van der Waals surface area contributed by atoms with E-state index in [1.54, 1.807) is 0 Å². The number of anilines is 4. The quantitative estimate of drug-likeness (QED) is 0.0231. The number of nitrogens with one attached hydrogen (secondary N) is 2. The summed E-state index contributed by atoms with van der Waals surface area (Å²) < 4.78 is 142. The molecule has 8 N–H and O–H groups in total. The second kappa shape index (κ2) is 23.5. The van der Waals surface area contributed by atoms with Gasteiger partial charge in [-0.05, 0) is 109 Å². The molecule has 0 saturated carbocycles. The Morgan fingerprint density at radius 3 is 1.11 bits per heavy atom. The van der Waals surface area contributed by atoms with Crippen molar-refractivity contribution in [2.24, 2.45) is 30.7 Å². The lowest BCUT2D eigenvalue weighted by Crippen LogP contribution is -2.29. The first kappa shape index (κ1) is 60.2. The molecule has 432 valence electrons. The van der Waals surface area contributed by atoms with E-state index in [1.165, 1.54) is 74.5 Å². The maximum atomic E-state index is 13.4. The molecule has 4 amide bonds. The van der Waals surface area contributed by atoms with Crippen molar-refractivity contribution in [3.8, 4) is 0 Å². The first-order valence-corrected chi connectivity index (χ1v) is 29.3. The van der Waals surface area contributed by atoms with E-state index in [0.717, 1.165) is 95.0 Å². The summed E-state index contributed by atoms with van der Waals surface area (Å²) in [4.78, 5) is 60.0. The molecule has 0 aliphatic carbocycles. The molecule has 8 rings (SSSR count). The van der Waals surface area contributed by atoms with E-state index in [0.29, 0.717) is 0 Å². The van der Waals surface area contributed by atoms with Crippen LogP contribution in [0.25, 0.3) is 24.3 Å². The molecule has 6 aromatic carbocycles. The van der Waals surface area contributed by atoms with Crippen LogP contribution in [0.15, 0.2) is 172 Å². The maximum absolute atomic E-state index is 13.4. The van der Waals surface area contributed by atoms with Gasteiger partial charge in [-0.15, -0.1) is 0 Å². The van der Waals surface area contributed by atoms with Crippen LogP contribution in [-0.2, 0) is 50.1 Å². The molecule has 2 aliphatic heterocycles. The Morgan fingerprint density at radius 2 is 0.786 bits per heavy atom. The fraction of sp³-hybridized carbons (Fsp3) is 0.0784. The van der Waals surface area contributed by atoms with Crippen molar-refractivity contribution in [1.82, 2.24) is 0 Å². The molecule has 29 nitrogen and oxygen atoms in total. The fourth-order valence-corrected chi connectivity index (χ4v) is 10.9. The highest BCUT2D eigenvalue weighted by atomic mass is 32.2. The van der Waals surface area contributed by atoms with Gasteiger partial charge in [0, 0.05) is 11.4 Å². The topological polar surface area (TPSA) is 448 Å². The summed E-state index contributed by atoms with van der Waals surface area (Å²) in [6, 6.07) is 19.9. The summed E-state index contributed by atoms with van der Waals surface area (Å²) in [6.07, 6.45) is 4.14. The van der Waals surface area contributed by atoms with E-state index >= 15 is 0 Å². The van der Waals surface area contributed by atoms with Crippen LogP contribution in [0.3, 0.4) is 0 Å². The maximum Gasteiger partial charge on any atom is 0.337 e. The Labute approximate surface area is 475 Å². The summed E-state index contributed by atoms with van der Waals surface area (Å²) in [6.45, 7) is 2.83. The van der Waals surface area contributed by atoms with Gasteiger partial charge in [-0.3, -0.25) is 27.8 Å². The normalized spacial score (nSPS) is 16.1. The Balaban J connectivity index is 0.974. The van der Waals surface area contributed by atoms with Crippen molar-refractivity contribution in [2.45, 2.75) is 45.5 Å². The van der Waals surface area contributed by atoms with Crippen molar-refractivity contribution >= 4 is 140 Å². The van der Waals surface area contributed by atoms with Crippen LogP contribution < -0.4 is 20.7 Å². The second-order valence-corrected chi connectivity index (χ2v) is 23.3. The lowest BCUT2D eigenvalue weighted by molar-refractivity contribution is -0.118. The molecule has 2 heterocycles. The lowest BCUT2D eigenvalue weighted by Gasteiger charge is -2.15. The van der Waals surface area contributed by atoms with Crippen molar-refractivity contribution in [3.05, 3.63) is 155 Å². The third-order valence-corrected chi connectivity index (χ3v) is 15.7. The van der Waals surface area contributed by atoms with E-state index in [4.69, 9.17) is 0 Å². The smallest absolute Gasteiger partial charge is 0.337 e. The number of rotatable bonds is 18. The summed E-state index contributed by atoms with van der Waals surface area (Å²) >= 11 is 0. The highest BCUT2D eigenvalue weighted by molar-refractivity contribution is 7.86. The van der Waals surface area contributed by atoms with Crippen LogP contribution in [0.4, 0.5) is 38.9 Å². The Kier molecular flexibility index (Phi) is 16.9. The standard InChI is InChI=1S/C51H40N10O19S4/c1-27-45(56-54-39-9-5-3-7-37(39)49(64)65)47(62)60(58-27)35-21-17-31(43(25-35)83(75,76)77)13-11-29-15-19-33(23-41(29)81(69,70)71)52-51(68)53-34-20-16-30(42(24-34)82(72,73)74)12-14-32-18-22-36(26-44(32)84(78,79)80)61-48(63)46(28(2)59-61)57-55-40-10-6-4-8-38(40)50(66)67/h3-26,45-46H,1-2H3,(H,64,65)(H,66,67)(H2,52,53,68)(H,69,70,71)(H,72,73,74)(H,75,76,77)(H,78,79,80). The molecule has 84 heavy (non-hydrogen) atoms. The number of carbonyl (C=O) groups is 5. The zero-order valence-electron chi connectivity index (χ0n) is 42.7. The minimum atomic E-state index is -5.13. The van der Waals surface area contributed by atoms with E-state index in [1.807, 2.05) is 0 Å². The van der Waals surface area contributed by atoms with E-state index in [9.17, 15) is 86.1 Å². The average molecular weight is 1230 g/mol. The van der Waals surface area contributed by atoms with Crippen molar-refractivity contribution < 1.29 is 86.1 Å². The molecule has 0 bridgehead atoms. The molecule has 0 saturated heterocycles. The van der Waals surface area contributed by atoms with Crippen molar-refractivity contribution in [3.63, 3.8) is 0 Å². The summed E-state index contributed by atoms with van der Waals surface area (Å²) in [5.74, 6) is -4.25.